The molecule has 0 spiro atoms. The Labute approximate surface area is 294 Å². The minimum absolute atomic E-state index is 0.683. The zero-order chi connectivity index (χ0) is 33.7. The van der Waals surface area contributed by atoms with Crippen LogP contribution in [0.2, 0.25) is 0 Å². The van der Waals surface area contributed by atoms with Crippen LogP contribution in [-0.4, -0.2) is 15.0 Å². The summed E-state index contributed by atoms with van der Waals surface area (Å²) in [6.45, 7) is 0. The zero-order valence-corrected chi connectivity index (χ0v) is 27.5. The molecule has 0 aliphatic carbocycles. The van der Waals surface area contributed by atoms with Crippen molar-refractivity contribution in [2.45, 2.75) is 0 Å². The van der Waals surface area contributed by atoms with Crippen LogP contribution >= 0.6 is 0 Å². The van der Waals surface area contributed by atoms with Gasteiger partial charge in [0.1, 0.15) is 11.2 Å². The molecule has 10 rings (SSSR count). The zero-order valence-electron chi connectivity index (χ0n) is 27.5. The molecule has 0 radical (unpaired) electrons. The van der Waals surface area contributed by atoms with Crippen LogP contribution in [0, 0.1) is 0 Å². The van der Waals surface area contributed by atoms with Gasteiger partial charge in [-0.25, -0.2) is 15.0 Å². The van der Waals surface area contributed by atoms with E-state index in [1.165, 1.54) is 11.1 Å². The van der Waals surface area contributed by atoms with Crippen molar-refractivity contribution in [1.29, 1.82) is 0 Å². The van der Waals surface area contributed by atoms with Gasteiger partial charge in [0.2, 0.25) is 0 Å². The molecule has 0 bridgehead atoms. The fourth-order valence-electron chi connectivity index (χ4n) is 7.19. The minimum atomic E-state index is 0.683. The number of hydrogen-bond donors (Lipinski definition) is 0. The Kier molecular flexibility index (Phi) is 6.78. The van der Waals surface area contributed by atoms with E-state index in [0.717, 1.165) is 82.9 Å². The van der Waals surface area contributed by atoms with Crippen molar-refractivity contribution in [3.63, 3.8) is 0 Å². The minimum Gasteiger partial charge on any atom is -0.455 e. The summed E-state index contributed by atoms with van der Waals surface area (Å²) < 4.78 is 6.56. The van der Waals surface area contributed by atoms with Crippen LogP contribution in [0.4, 0.5) is 0 Å². The maximum absolute atomic E-state index is 6.56. The molecule has 238 valence electrons. The average Bonchev–Trinajstić information content (AvgIpc) is 3.60. The topological polar surface area (TPSA) is 51.8 Å². The normalized spacial score (nSPS) is 11.5. The fraction of sp³-hybridized carbons (Fsp3) is 0. The van der Waals surface area contributed by atoms with E-state index in [0.29, 0.717) is 5.82 Å². The van der Waals surface area contributed by atoms with Crippen molar-refractivity contribution in [3.8, 4) is 56.3 Å². The maximum Gasteiger partial charge on any atom is 0.160 e. The van der Waals surface area contributed by atoms with Crippen LogP contribution in [0.25, 0.3) is 99.9 Å². The molecule has 0 aliphatic rings. The predicted octanol–water partition coefficient (Wildman–Crippen LogP) is 12.4. The van der Waals surface area contributed by atoms with E-state index in [4.69, 9.17) is 19.4 Å². The number of aromatic nitrogens is 3. The van der Waals surface area contributed by atoms with Crippen LogP contribution in [0.15, 0.2) is 180 Å². The van der Waals surface area contributed by atoms with E-state index in [9.17, 15) is 0 Å². The molecule has 0 aliphatic heterocycles. The molecule has 3 aromatic heterocycles. The van der Waals surface area contributed by atoms with E-state index in [2.05, 4.69) is 133 Å². The van der Waals surface area contributed by atoms with Gasteiger partial charge in [0.25, 0.3) is 0 Å². The van der Waals surface area contributed by atoms with Crippen LogP contribution in [0.5, 0.6) is 0 Å². The molecule has 4 heteroatoms. The number of para-hydroxylation sites is 2. The SMILES string of the molecule is c1ccc(-c2ccc(-c3cc(-c4cccc(-c5nc6ccccc6c6c5ccc5c7ccccc7oc56)c4)nc(-c4ccccc4)n3)cc2)cc1. The number of nitrogens with zero attached hydrogens (tertiary/aromatic N) is 3. The van der Waals surface area contributed by atoms with Gasteiger partial charge in [-0.3, -0.25) is 0 Å². The standard InChI is InChI=1S/C47H29N3O/c1-3-12-30(13-4-1)31-22-24-32(25-23-31)41-29-42(50-47(49-41)33-14-5-2-6-15-33)34-16-11-17-35(28-34)45-39-27-26-37-36-18-8-10-21-43(36)51-46(37)44(39)38-19-7-9-20-40(38)48-45/h1-29H. The Bertz CT molecular complexity index is 2900. The lowest BCUT2D eigenvalue weighted by molar-refractivity contribution is 0.673. The molecule has 0 fully saturated rings. The molecule has 10 aromatic rings. The second kappa shape index (κ2) is 11.9. The molecule has 51 heavy (non-hydrogen) atoms. The van der Waals surface area contributed by atoms with E-state index in [1.807, 2.05) is 42.5 Å². The Morgan fingerprint density at radius 3 is 1.75 bits per heavy atom. The largest absolute Gasteiger partial charge is 0.455 e. The van der Waals surface area contributed by atoms with Gasteiger partial charge in [-0.1, -0.05) is 146 Å². The summed E-state index contributed by atoms with van der Waals surface area (Å²) in [5.74, 6) is 0.683. The van der Waals surface area contributed by atoms with Crippen LogP contribution in [0.3, 0.4) is 0 Å². The molecule has 0 amide bonds. The van der Waals surface area contributed by atoms with Gasteiger partial charge in [0, 0.05) is 49.2 Å². The quantitative estimate of drug-likeness (QED) is 0.174. The highest BCUT2D eigenvalue weighted by Crippen LogP contribution is 2.41. The second-order valence-corrected chi connectivity index (χ2v) is 12.8. The lowest BCUT2D eigenvalue weighted by Gasteiger charge is -2.13. The Morgan fingerprint density at radius 1 is 0.353 bits per heavy atom. The molecule has 0 N–H and O–H groups in total. The summed E-state index contributed by atoms with van der Waals surface area (Å²) in [4.78, 5) is 15.5. The predicted molar refractivity (Wildman–Crippen MR) is 209 cm³/mol. The summed E-state index contributed by atoms with van der Waals surface area (Å²) in [7, 11) is 0. The second-order valence-electron chi connectivity index (χ2n) is 12.8. The fourth-order valence-corrected chi connectivity index (χ4v) is 7.19. The third kappa shape index (κ3) is 5.04. The van der Waals surface area contributed by atoms with Crippen molar-refractivity contribution in [2.24, 2.45) is 0 Å². The number of furan rings is 1. The highest BCUT2D eigenvalue weighted by molar-refractivity contribution is 6.24. The molecule has 0 unspecified atom stereocenters. The van der Waals surface area contributed by atoms with Crippen molar-refractivity contribution in [3.05, 3.63) is 176 Å². The third-order valence-corrected chi connectivity index (χ3v) is 9.69. The van der Waals surface area contributed by atoms with Gasteiger partial charge in [-0.05, 0) is 41.5 Å². The molecular formula is C47H29N3O. The van der Waals surface area contributed by atoms with Crippen LogP contribution in [-0.2, 0) is 0 Å². The van der Waals surface area contributed by atoms with Crippen molar-refractivity contribution < 1.29 is 4.42 Å². The van der Waals surface area contributed by atoms with Gasteiger partial charge in [-0.15, -0.1) is 0 Å². The molecular weight excluding hydrogens is 623 g/mol. The first-order valence-electron chi connectivity index (χ1n) is 17.1. The summed E-state index contributed by atoms with van der Waals surface area (Å²) in [6.07, 6.45) is 0. The molecule has 0 atom stereocenters. The Morgan fingerprint density at radius 2 is 0.941 bits per heavy atom. The molecule has 3 heterocycles. The molecule has 4 nitrogen and oxygen atoms in total. The van der Waals surface area contributed by atoms with Crippen molar-refractivity contribution >= 4 is 43.6 Å². The smallest absolute Gasteiger partial charge is 0.160 e. The Hall–Kier alpha value is -6.91. The van der Waals surface area contributed by atoms with E-state index < -0.39 is 0 Å². The molecule has 7 aromatic carbocycles. The molecule has 0 saturated carbocycles. The van der Waals surface area contributed by atoms with Crippen molar-refractivity contribution in [2.75, 3.05) is 0 Å². The van der Waals surface area contributed by atoms with E-state index in [-0.39, 0.29) is 0 Å². The summed E-state index contributed by atoms with van der Waals surface area (Å²) in [6, 6.07) is 60.7. The summed E-state index contributed by atoms with van der Waals surface area (Å²) in [5.41, 5.74) is 11.7. The first-order valence-corrected chi connectivity index (χ1v) is 17.1. The van der Waals surface area contributed by atoms with Gasteiger partial charge in [0.05, 0.1) is 22.6 Å². The van der Waals surface area contributed by atoms with Gasteiger partial charge in [-0.2, -0.15) is 0 Å². The molecule has 0 saturated heterocycles. The highest BCUT2D eigenvalue weighted by atomic mass is 16.3. The van der Waals surface area contributed by atoms with Crippen LogP contribution < -0.4 is 0 Å². The number of pyridine rings is 1. The maximum atomic E-state index is 6.56. The lowest BCUT2D eigenvalue weighted by atomic mass is 9.96. The van der Waals surface area contributed by atoms with E-state index in [1.54, 1.807) is 0 Å². The average molecular weight is 652 g/mol. The Balaban J connectivity index is 1.14. The van der Waals surface area contributed by atoms with Gasteiger partial charge >= 0.3 is 0 Å². The monoisotopic (exact) mass is 651 g/mol. The van der Waals surface area contributed by atoms with Crippen LogP contribution in [0.1, 0.15) is 0 Å². The number of hydrogen-bond acceptors (Lipinski definition) is 4. The summed E-state index contributed by atoms with van der Waals surface area (Å²) >= 11 is 0. The van der Waals surface area contributed by atoms with E-state index >= 15 is 0 Å². The number of fused-ring (bicyclic) bond motifs is 7. The van der Waals surface area contributed by atoms with Gasteiger partial charge < -0.3 is 4.42 Å². The highest BCUT2D eigenvalue weighted by Gasteiger charge is 2.18. The lowest BCUT2D eigenvalue weighted by Crippen LogP contribution is -1.96. The van der Waals surface area contributed by atoms with Crippen molar-refractivity contribution in [1.82, 2.24) is 15.0 Å². The number of rotatable bonds is 5. The first-order chi connectivity index (χ1) is 25.3. The summed E-state index contributed by atoms with van der Waals surface area (Å²) in [5, 5.41) is 5.41. The first kappa shape index (κ1) is 29.0. The number of benzene rings is 7. The van der Waals surface area contributed by atoms with Gasteiger partial charge in [0.15, 0.2) is 5.82 Å². The third-order valence-electron chi connectivity index (χ3n) is 9.69.